The lowest BCUT2D eigenvalue weighted by molar-refractivity contribution is 0.0950. The Morgan fingerprint density at radius 1 is 0.974 bits per heavy atom. The van der Waals surface area contributed by atoms with Crippen LogP contribution in [0.25, 0.3) is 0 Å². The van der Waals surface area contributed by atoms with Gasteiger partial charge in [-0.15, -0.1) is 0 Å². The Labute approximate surface area is 233 Å². The number of fused-ring (bicyclic) bond motifs is 3. The van der Waals surface area contributed by atoms with Crippen LogP contribution in [0.4, 0.5) is 0 Å². The minimum atomic E-state index is -0.105. The number of amides is 1. The first-order valence-electron chi connectivity index (χ1n) is 14.2. The largest absolute Gasteiger partial charge is 0.493 e. The molecule has 1 aliphatic heterocycles. The molecule has 0 unspecified atom stereocenters. The average Bonchev–Trinajstić information content (AvgIpc) is 2.94. The Kier molecular flexibility index (Phi) is 11.2. The van der Waals surface area contributed by atoms with E-state index in [0.29, 0.717) is 31.9 Å². The van der Waals surface area contributed by atoms with Crippen molar-refractivity contribution >= 4 is 5.91 Å². The van der Waals surface area contributed by atoms with Crippen molar-refractivity contribution in [2.24, 2.45) is 0 Å². The summed E-state index contributed by atoms with van der Waals surface area (Å²) in [4.78, 5) is 15.7. The fourth-order valence-electron chi connectivity index (χ4n) is 4.97. The van der Waals surface area contributed by atoms with Gasteiger partial charge in [0.2, 0.25) is 0 Å². The van der Waals surface area contributed by atoms with Crippen molar-refractivity contribution < 1.29 is 19.0 Å². The molecule has 3 aromatic rings. The van der Waals surface area contributed by atoms with E-state index >= 15 is 0 Å². The predicted octanol–water partition coefficient (Wildman–Crippen LogP) is 6.01. The summed E-state index contributed by atoms with van der Waals surface area (Å²) in [6.45, 7) is 7.60. The first-order chi connectivity index (χ1) is 19.1. The van der Waals surface area contributed by atoms with Crippen LogP contribution in [0.3, 0.4) is 0 Å². The molecule has 6 nitrogen and oxygen atoms in total. The highest BCUT2D eigenvalue weighted by Crippen LogP contribution is 2.25. The van der Waals surface area contributed by atoms with Crippen LogP contribution in [0.1, 0.15) is 65.2 Å². The van der Waals surface area contributed by atoms with Gasteiger partial charge < -0.3 is 19.5 Å². The van der Waals surface area contributed by atoms with Gasteiger partial charge in [-0.1, -0.05) is 43.3 Å². The Hall–Kier alpha value is -3.35. The molecule has 3 aromatic carbocycles. The molecular formula is C33H42N2O4. The molecule has 0 atom stereocenters. The standard InChI is InChI=1S/C33H42N2O4/c1-3-15-35-16-5-4-6-17-39-32-14-13-29(23-30(32)21-26-9-7-11-28(20-26)25-35)33(36)34-24-27-10-8-12-31(22-27)38-19-18-37-2/h7-14,20,22-23H,3-6,15-19,21,24-25H2,1-2H3,(H,34,36). The van der Waals surface area contributed by atoms with Crippen molar-refractivity contribution in [2.75, 3.05) is 40.0 Å². The van der Waals surface area contributed by atoms with Crippen molar-refractivity contribution in [1.82, 2.24) is 10.2 Å². The number of benzene rings is 3. The van der Waals surface area contributed by atoms with Gasteiger partial charge in [-0.3, -0.25) is 9.69 Å². The molecule has 6 heteroatoms. The lowest BCUT2D eigenvalue weighted by Crippen LogP contribution is -2.25. The fourth-order valence-corrected chi connectivity index (χ4v) is 4.97. The molecule has 0 spiro atoms. The number of hydrogen-bond donors (Lipinski definition) is 1. The second-order valence-corrected chi connectivity index (χ2v) is 10.2. The smallest absolute Gasteiger partial charge is 0.251 e. The molecule has 0 saturated carbocycles. The molecule has 1 heterocycles. The molecule has 0 aliphatic carbocycles. The van der Waals surface area contributed by atoms with Crippen molar-refractivity contribution in [3.05, 3.63) is 94.5 Å². The van der Waals surface area contributed by atoms with Crippen LogP contribution in [-0.4, -0.2) is 50.8 Å². The Balaban J connectivity index is 1.47. The molecule has 1 aliphatic rings. The van der Waals surface area contributed by atoms with Crippen LogP contribution < -0.4 is 14.8 Å². The van der Waals surface area contributed by atoms with E-state index in [1.165, 1.54) is 17.5 Å². The predicted molar refractivity (Wildman–Crippen MR) is 156 cm³/mol. The van der Waals surface area contributed by atoms with E-state index < -0.39 is 0 Å². The van der Waals surface area contributed by atoms with Crippen LogP contribution in [0.15, 0.2) is 66.7 Å². The lowest BCUT2D eigenvalue weighted by Gasteiger charge is -2.22. The number of carbonyl (C=O) groups excluding carboxylic acids is 1. The van der Waals surface area contributed by atoms with E-state index in [1.54, 1.807) is 7.11 Å². The van der Waals surface area contributed by atoms with Gasteiger partial charge in [-0.2, -0.15) is 0 Å². The van der Waals surface area contributed by atoms with Gasteiger partial charge in [0.05, 0.1) is 13.2 Å². The highest BCUT2D eigenvalue weighted by atomic mass is 16.5. The van der Waals surface area contributed by atoms with Crippen LogP contribution in [0.5, 0.6) is 11.5 Å². The molecule has 0 aromatic heterocycles. The zero-order valence-electron chi connectivity index (χ0n) is 23.4. The maximum atomic E-state index is 13.1. The van der Waals surface area contributed by atoms with Crippen molar-refractivity contribution in [3.8, 4) is 11.5 Å². The Morgan fingerprint density at radius 3 is 2.72 bits per heavy atom. The summed E-state index contributed by atoms with van der Waals surface area (Å²) in [5, 5.41) is 3.06. The van der Waals surface area contributed by atoms with Crippen molar-refractivity contribution in [3.63, 3.8) is 0 Å². The Bertz CT molecular complexity index is 1200. The number of ether oxygens (including phenoxy) is 3. The van der Waals surface area contributed by atoms with Crippen LogP contribution in [0.2, 0.25) is 0 Å². The number of methoxy groups -OCH3 is 1. The van der Waals surface area contributed by atoms with Gasteiger partial charge >= 0.3 is 0 Å². The third-order valence-electron chi connectivity index (χ3n) is 6.94. The summed E-state index contributed by atoms with van der Waals surface area (Å²) < 4.78 is 17.0. The number of hydrogen-bond acceptors (Lipinski definition) is 5. The summed E-state index contributed by atoms with van der Waals surface area (Å²) >= 11 is 0. The van der Waals surface area contributed by atoms with Gasteiger partial charge in [0.1, 0.15) is 18.1 Å². The van der Waals surface area contributed by atoms with Gasteiger partial charge in [0.25, 0.3) is 5.91 Å². The van der Waals surface area contributed by atoms with E-state index in [4.69, 9.17) is 14.2 Å². The Morgan fingerprint density at radius 2 is 1.85 bits per heavy atom. The molecule has 0 fully saturated rings. The van der Waals surface area contributed by atoms with Crippen LogP contribution in [-0.2, 0) is 24.2 Å². The summed E-state index contributed by atoms with van der Waals surface area (Å²) in [5.41, 5.74) is 5.22. The number of nitrogens with zero attached hydrogens (tertiary/aromatic N) is 1. The van der Waals surface area contributed by atoms with Gasteiger partial charge in [0, 0.05) is 32.2 Å². The molecule has 0 radical (unpaired) electrons. The summed E-state index contributed by atoms with van der Waals surface area (Å²) in [6, 6.07) is 22.4. The molecule has 2 bridgehead atoms. The summed E-state index contributed by atoms with van der Waals surface area (Å²) in [5.74, 6) is 1.52. The highest BCUT2D eigenvalue weighted by molar-refractivity contribution is 5.94. The number of carbonyl (C=O) groups is 1. The molecule has 4 rings (SSSR count). The lowest BCUT2D eigenvalue weighted by atomic mass is 9.99. The fraction of sp³-hybridized carbons (Fsp3) is 0.424. The van der Waals surface area contributed by atoms with Crippen molar-refractivity contribution in [1.29, 1.82) is 0 Å². The number of rotatable bonds is 9. The number of nitrogens with one attached hydrogen (secondary N) is 1. The van der Waals surface area contributed by atoms with Crippen molar-refractivity contribution in [2.45, 2.75) is 52.1 Å². The van der Waals surface area contributed by atoms with E-state index in [0.717, 1.165) is 67.9 Å². The van der Waals surface area contributed by atoms with E-state index in [-0.39, 0.29) is 5.91 Å². The first-order valence-corrected chi connectivity index (χ1v) is 14.2. The highest BCUT2D eigenvalue weighted by Gasteiger charge is 2.14. The summed E-state index contributed by atoms with van der Waals surface area (Å²) in [6.07, 6.45) is 5.24. The molecule has 39 heavy (non-hydrogen) atoms. The monoisotopic (exact) mass is 530 g/mol. The zero-order valence-corrected chi connectivity index (χ0v) is 23.4. The third kappa shape index (κ3) is 9.12. The van der Waals surface area contributed by atoms with E-state index in [2.05, 4.69) is 41.4 Å². The van der Waals surface area contributed by atoms with Gasteiger partial charge in [0.15, 0.2) is 0 Å². The summed E-state index contributed by atoms with van der Waals surface area (Å²) in [7, 11) is 1.65. The average molecular weight is 531 g/mol. The minimum Gasteiger partial charge on any atom is -0.493 e. The molecular weight excluding hydrogens is 488 g/mol. The topological polar surface area (TPSA) is 60.0 Å². The molecule has 1 amide bonds. The quantitative estimate of drug-likeness (QED) is 0.344. The molecule has 208 valence electrons. The maximum absolute atomic E-state index is 13.1. The first kappa shape index (κ1) is 28.7. The maximum Gasteiger partial charge on any atom is 0.251 e. The minimum absolute atomic E-state index is 0.105. The zero-order chi connectivity index (χ0) is 27.3. The molecule has 1 N–H and O–H groups in total. The SMILES string of the molecule is CCCN1CCCCCOc2ccc(C(=O)NCc3cccc(OCCOC)c3)cc2Cc2cccc(c2)C1. The van der Waals surface area contributed by atoms with Crippen LogP contribution in [0, 0.1) is 0 Å². The molecule has 0 saturated heterocycles. The van der Waals surface area contributed by atoms with Crippen LogP contribution >= 0.6 is 0 Å². The normalized spacial score (nSPS) is 14.5. The van der Waals surface area contributed by atoms with E-state index in [1.807, 2.05) is 42.5 Å². The second kappa shape index (κ2) is 15.3. The van der Waals surface area contributed by atoms with Gasteiger partial charge in [-0.05, 0) is 91.4 Å². The van der Waals surface area contributed by atoms with Gasteiger partial charge in [-0.25, -0.2) is 0 Å². The second-order valence-electron chi connectivity index (χ2n) is 10.2. The van der Waals surface area contributed by atoms with E-state index in [9.17, 15) is 4.79 Å². The third-order valence-corrected chi connectivity index (χ3v) is 6.94.